The zero-order chi connectivity index (χ0) is 11.5. The molecule has 2 rings (SSSR count). The minimum absolute atomic E-state index is 0.259. The molecule has 88 valence electrons. The second-order valence-corrected chi connectivity index (χ2v) is 5.66. The Bertz CT molecular complexity index is 401. The van der Waals surface area contributed by atoms with Crippen molar-refractivity contribution >= 4 is 16.5 Å². The van der Waals surface area contributed by atoms with Gasteiger partial charge < -0.3 is 5.73 Å². The number of benzene rings is 1. The van der Waals surface area contributed by atoms with Crippen LogP contribution < -0.4 is 5.73 Å². The van der Waals surface area contributed by atoms with E-state index in [9.17, 15) is 8.60 Å². The Morgan fingerprint density at radius 2 is 2.06 bits per heavy atom. The van der Waals surface area contributed by atoms with Gasteiger partial charge in [-0.25, -0.2) is 4.39 Å². The Kier molecular flexibility index (Phi) is 3.56. The van der Waals surface area contributed by atoms with Crippen molar-refractivity contribution in [2.75, 3.05) is 30.3 Å². The third-order valence-electron chi connectivity index (χ3n) is 2.77. The lowest BCUT2D eigenvalue weighted by atomic mass is 10.1. The quantitative estimate of drug-likeness (QED) is 0.786. The van der Waals surface area contributed by atoms with Gasteiger partial charge in [0.25, 0.3) is 0 Å². The first-order valence-electron chi connectivity index (χ1n) is 5.26. The fourth-order valence-electron chi connectivity index (χ4n) is 1.79. The molecule has 1 aliphatic rings. The molecule has 0 spiro atoms. The lowest BCUT2D eigenvalue weighted by Crippen LogP contribution is -2.37. The van der Waals surface area contributed by atoms with Gasteiger partial charge in [0.1, 0.15) is 5.82 Å². The maximum atomic E-state index is 13.0. The van der Waals surface area contributed by atoms with Gasteiger partial charge in [0.2, 0.25) is 0 Å². The lowest BCUT2D eigenvalue weighted by Gasteiger charge is -2.26. The zero-order valence-corrected chi connectivity index (χ0v) is 9.80. The SMILES string of the molecule is Nc1ccc(F)cc1CN1CCS(=O)CC1. The van der Waals surface area contributed by atoms with Crippen LogP contribution in [0.5, 0.6) is 0 Å². The van der Waals surface area contributed by atoms with Gasteiger partial charge in [-0.3, -0.25) is 9.11 Å². The largest absolute Gasteiger partial charge is 0.398 e. The van der Waals surface area contributed by atoms with E-state index in [4.69, 9.17) is 5.73 Å². The molecule has 0 aliphatic carbocycles. The van der Waals surface area contributed by atoms with E-state index in [0.29, 0.717) is 23.7 Å². The van der Waals surface area contributed by atoms with Crippen LogP contribution in [0.25, 0.3) is 0 Å². The second-order valence-electron chi connectivity index (χ2n) is 3.97. The van der Waals surface area contributed by atoms with Gasteiger partial charge in [-0.15, -0.1) is 0 Å². The molecule has 0 bridgehead atoms. The van der Waals surface area contributed by atoms with Crippen LogP contribution in [-0.4, -0.2) is 33.7 Å². The average molecular weight is 242 g/mol. The van der Waals surface area contributed by atoms with Crippen molar-refractivity contribution in [2.24, 2.45) is 0 Å². The molecule has 5 heteroatoms. The van der Waals surface area contributed by atoms with Crippen LogP contribution in [0.4, 0.5) is 10.1 Å². The molecule has 1 heterocycles. The maximum Gasteiger partial charge on any atom is 0.123 e. The van der Waals surface area contributed by atoms with Crippen molar-refractivity contribution < 1.29 is 8.60 Å². The second kappa shape index (κ2) is 4.93. The molecule has 0 aromatic heterocycles. The predicted octanol–water partition coefficient (Wildman–Crippen LogP) is 0.972. The smallest absolute Gasteiger partial charge is 0.123 e. The fourth-order valence-corrected chi connectivity index (χ4v) is 2.91. The molecular weight excluding hydrogens is 227 g/mol. The van der Waals surface area contributed by atoms with Gasteiger partial charge in [-0.2, -0.15) is 0 Å². The van der Waals surface area contributed by atoms with Crippen LogP contribution in [0, 0.1) is 5.82 Å². The number of nitrogens with zero attached hydrogens (tertiary/aromatic N) is 1. The summed E-state index contributed by atoms with van der Waals surface area (Å²) in [5.41, 5.74) is 7.21. The lowest BCUT2D eigenvalue weighted by molar-refractivity contribution is 0.291. The number of rotatable bonds is 2. The standard InChI is InChI=1S/C11H15FN2OS/c12-10-1-2-11(13)9(7-10)8-14-3-5-16(15)6-4-14/h1-2,7H,3-6,8,13H2. The molecule has 1 saturated heterocycles. The van der Waals surface area contributed by atoms with E-state index in [1.807, 2.05) is 0 Å². The number of anilines is 1. The van der Waals surface area contributed by atoms with E-state index in [1.165, 1.54) is 12.1 Å². The Hall–Kier alpha value is -0.940. The average Bonchev–Trinajstić information content (AvgIpc) is 2.27. The van der Waals surface area contributed by atoms with Crippen molar-refractivity contribution in [3.63, 3.8) is 0 Å². The maximum absolute atomic E-state index is 13.0. The third-order valence-corrected chi connectivity index (χ3v) is 4.05. The zero-order valence-electron chi connectivity index (χ0n) is 8.99. The van der Waals surface area contributed by atoms with E-state index >= 15 is 0 Å². The highest BCUT2D eigenvalue weighted by Gasteiger charge is 2.16. The Labute approximate surface area is 96.9 Å². The van der Waals surface area contributed by atoms with Gasteiger partial charge in [0.15, 0.2) is 0 Å². The van der Waals surface area contributed by atoms with Crippen LogP contribution in [0.1, 0.15) is 5.56 Å². The summed E-state index contributed by atoms with van der Waals surface area (Å²) in [7, 11) is -0.676. The Balaban J connectivity index is 2.03. The van der Waals surface area contributed by atoms with Crippen LogP contribution in [0.3, 0.4) is 0 Å². The van der Waals surface area contributed by atoms with Crippen molar-refractivity contribution in [2.45, 2.75) is 6.54 Å². The number of hydrogen-bond donors (Lipinski definition) is 1. The minimum atomic E-state index is -0.676. The van der Waals surface area contributed by atoms with E-state index < -0.39 is 10.8 Å². The van der Waals surface area contributed by atoms with Crippen molar-refractivity contribution in [3.05, 3.63) is 29.6 Å². The monoisotopic (exact) mass is 242 g/mol. The molecule has 0 amide bonds. The van der Waals surface area contributed by atoms with E-state index in [1.54, 1.807) is 6.07 Å². The predicted molar refractivity (Wildman–Crippen MR) is 64.0 cm³/mol. The summed E-state index contributed by atoms with van der Waals surface area (Å²) in [4.78, 5) is 2.16. The summed E-state index contributed by atoms with van der Waals surface area (Å²) in [6.45, 7) is 2.23. The number of halogens is 1. The van der Waals surface area contributed by atoms with E-state index in [0.717, 1.165) is 18.7 Å². The van der Waals surface area contributed by atoms with Crippen LogP contribution in [0.2, 0.25) is 0 Å². The highest BCUT2D eigenvalue weighted by Crippen LogP contribution is 2.16. The molecule has 0 saturated carbocycles. The first kappa shape index (κ1) is 11.5. The van der Waals surface area contributed by atoms with Gasteiger partial charge in [0.05, 0.1) is 0 Å². The van der Waals surface area contributed by atoms with E-state index in [-0.39, 0.29) is 5.82 Å². The van der Waals surface area contributed by atoms with Gasteiger partial charge in [-0.1, -0.05) is 0 Å². The molecule has 1 fully saturated rings. The Morgan fingerprint density at radius 1 is 1.38 bits per heavy atom. The molecule has 1 aromatic carbocycles. The van der Waals surface area contributed by atoms with Gasteiger partial charge >= 0.3 is 0 Å². The molecule has 3 nitrogen and oxygen atoms in total. The summed E-state index contributed by atoms with van der Waals surface area (Å²) in [6, 6.07) is 4.43. The molecule has 1 aliphatic heterocycles. The summed E-state index contributed by atoms with van der Waals surface area (Å²) in [5.74, 6) is 1.15. The highest BCUT2D eigenvalue weighted by molar-refractivity contribution is 7.85. The molecule has 2 N–H and O–H groups in total. The topological polar surface area (TPSA) is 46.3 Å². The van der Waals surface area contributed by atoms with Crippen molar-refractivity contribution in [3.8, 4) is 0 Å². The first-order valence-corrected chi connectivity index (χ1v) is 6.75. The molecule has 0 atom stereocenters. The third kappa shape index (κ3) is 2.80. The molecular formula is C11H15FN2OS. The number of nitrogen functional groups attached to an aromatic ring is 1. The van der Waals surface area contributed by atoms with Crippen molar-refractivity contribution in [1.82, 2.24) is 4.90 Å². The van der Waals surface area contributed by atoms with Crippen LogP contribution >= 0.6 is 0 Å². The molecule has 16 heavy (non-hydrogen) atoms. The molecule has 1 aromatic rings. The molecule has 0 radical (unpaired) electrons. The van der Waals surface area contributed by atoms with Gasteiger partial charge in [-0.05, 0) is 23.8 Å². The summed E-state index contributed by atoms with van der Waals surface area (Å²) >= 11 is 0. The first-order chi connectivity index (χ1) is 7.65. The Morgan fingerprint density at radius 3 is 2.75 bits per heavy atom. The fraction of sp³-hybridized carbons (Fsp3) is 0.455. The van der Waals surface area contributed by atoms with Crippen LogP contribution in [0.15, 0.2) is 18.2 Å². The van der Waals surface area contributed by atoms with E-state index in [2.05, 4.69) is 4.90 Å². The summed E-state index contributed by atoms with van der Waals surface area (Å²) < 4.78 is 24.2. The van der Waals surface area contributed by atoms with Crippen LogP contribution in [-0.2, 0) is 17.3 Å². The minimum Gasteiger partial charge on any atom is -0.398 e. The highest BCUT2D eigenvalue weighted by atomic mass is 32.2. The van der Waals surface area contributed by atoms with Crippen molar-refractivity contribution in [1.29, 1.82) is 0 Å². The van der Waals surface area contributed by atoms with Gasteiger partial charge in [0, 0.05) is 47.6 Å². The number of nitrogens with two attached hydrogens (primary N) is 1. The normalized spacial score (nSPS) is 18.8. The summed E-state index contributed by atoms with van der Waals surface area (Å²) in [6.07, 6.45) is 0. The summed E-state index contributed by atoms with van der Waals surface area (Å²) in [5, 5.41) is 0. The molecule has 0 unspecified atom stereocenters. The number of hydrogen-bond acceptors (Lipinski definition) is 3.